The van der Waals surface area contributed by atoms with Crippen LogP contribution in [0.25, 0.3) is 0 Å². The Morgan fingerprint density at radius 3 is 2.53 bits per heavy atom. The predicted octanol–water partition coefficient (Wildman–Crippen LogP) is 4.52. The maximum Gasteiger partial charge on any atom is 0.0909 e. The van der Waals surface area contributed by atoms with Gasteiger partial charge in [0, 0.05) is 10.9 Å². The first kappa shape index (κ1) is 14.3. The molecule has 0 radical (unpaired) electrons. The van der Waals surface area contributed by atoms with Crippen LogP contribution >= 0.6 is 15.9 Å². The quantitative estimate of drug-likeness (QED) is 0.882. The summed E-state index contributed by atoms with van der Waals surface area (Å²) in [5, 5.41) is 10.8. The van der Waals surface area contributed by atoms with Crippen LogP contribution in [0.2, 0.25) is 0 Å². The summed E-state index contributed by atoms with van der Waals surface area (Å²) in [6, 6.07) is 14.2. The summed E-state index contributed by atoms with van der Waals surface area (Å²) in [5.41, 5.74) is 3.72. The fourth-order valence-corrected chi connectivity index (χ4v) is 2.69. The molecule has 1 unspecified atom stereocenters. The van der Waals surface area contributed by atoms with Crippen molar-refractivity contribution in [2.24, 2.45) is 0 Å². The summed E-state index contributed by atoms with van der Waals surface area (Å²) in [6.07, 6.45) is 0.622. The molecule has 0 aliphatic carbocycles. The molecule has 0 saturated heterocycles. The van der Waals surface area contributed by atoms with Gasteiger partial charge in [0.2, 0.25) is 0 Å². The van der Waals surface area contributed by atoms with E-state index in [1.54, 1.807) is 0 Å². The number of hydrogen-bond acceptors (Lipinski definition) is 1. The first-order valence-corrected chi connectivity index (χ1v) is 7.22. The Balaban J connectivity index is 2.33. The molecule has 0 saturated carbocycles. The van der Waals surface area contributed by atoms with Gasteiger partial charge >= 0.3 is 0 Å². The normalized spacial score (nSPS) is 14.2. The highest BCUT2D eigenvalue weighted by molar-refractivity contribution is 9.10. The fraction of sp³-hybridized carbons (Fsp3) is 0.294. The fourth-order valence-electron chi connectivity index (χ4n) is 2.29. The Hall–Kier alpha value is -1.12. The molecular formula is C17H19BrO. The minimum atomic E-state index is -0.859. The van der Waals surface area contributed by atoms with Gasteiger partial charge < -0.3 is 5.11 Å². The molecule has 2 rings (SSSR count). The maximum atomic E-state index is 10.8. The molecule has 0 amide bonds. The van der Waals surface area contributed by atoms with E-state index in [1.807, 2.05) is 31.2 Å². The van der Waals surface area contributed by atoms with Crippen molar-refractivity contribution in [3.63, 3.8) is 0 Å². The molecule has 1 N–H and O–H groups in total. The van der Waals surface area contributed by atoms with Gasteiger partial charge in [0.05, 0.1) is 5.60 Å². The van der Waals surface area contributed by atoms with Crippen molar-refractivity contribution in [2.75, 3.05) is 0 Å². The van der Waals surface area contributed by atoms with Gasteiger partial charge in [-0.15, -0.1) is 0 Å². The zero-order valence-corrected chi connectivity index (χ0v) is 13.2. The minimum absolute atomic E-state index is 0.622. The lowest BCUT2D eigenvalue weighted by atomic mass is 9.87. The summed E-state index contributed by atoms with van der Waals surface area (Å²) < 4.78 is 0.992. The van der Waals surface area contributed by atoms with Crippen LogP contribution in [0.3, 0.4) is 0 Å². The zero-order valence-electron chi connectivity index (χ0n) is 11.6. The zero-order chi connectivity index (χ0) is 14.0. The Morgan fingerprint density at radius 1 is 1.11 bits per heavy atom. The van der Waals surface area contributed by atoms with E-state index in [0.29, 0.717) is 6.42 Å². The maximum absolute atomic E-state index is 10.8. The van der Waals surface area contributed by atoms with Gasteiger partial charge in [-0.2, -0.15) is 0 Å². The first-order chi connectivity index (χ1) is 8.88. The van der Waals surface area contributed by atoms with Crippen molar-refractivity contribution < 1.29 is 5.11 Å². The van der Waals surface area contributed by atoms with Crippen LogP contribution in [0.1, 0.15) is 29.2 Å². The number of benzene rings is 2. The van der Waals surface area contributed by atoms with Crippen molar-refractivity contribution in [1.29, 1.82) is 0 Å². The molecule has 100 valence electrons. The molecule has 19 heavy (non-hydrogen) atoms. The standard InChI is InChI=1S/C17H19BrO/c1-12-7-8-13(2)14(9-12)11-17(3,19)15-5-4-6-16(18)10-15/h4-10,19H,11H2,1-3H3. The minimum Gasteiger partial charge on any atom is -0.385 e. The Morgan fingerprint density at radius 2 is 1.84 bits per heavy atom. The summed E-state index contributed by atoms with van der Waals surface area (Å²) in [7, 11) is 0. The second-order valence-electron chi connectivity index (χ2n) is 5.39. The highest BCUT2D eigenvalue weighted by atomic mass is 79.9. The lowest BCUT2D eigenvalue weighted by molar-refractivity contribution is 0.0574. The number of aryl methyl sites for hydroxylation is 2. The summed E-state index contributed by atoms with van der Waals surface area (Å²) in [5.74, 6) is 0. The Bertz CT molecular complexity index is 588. The van der Waals surface area contributed by atoms with Crippen molar-refractivity contribution in [3.05, 3.63) is 69.2 Å². The molecule has 0 aliphatic rings. The lowest BCUT2D eigenvalue weighted by Crippen LogP contribution is -2.24. The van der Waals surface area contributed by atoms with Gasteiger partial charge in [0.15, 0.2) is 0 Å². The second kappa shape index (κ2) is 5.48. The van der Waals surface area contributed by atoms with Crippen LogP contribution in [0, 0.1) is 13.8 Å². The van der Waals surface area contributed by atoms with Gasteiger partial charge in [-0.3, -0.25) is 0 Å². The van der Waals surface area contributed by atoms with E-state index in [1.165, 1.54) is 16.7 Å². The Labute approximate surface area is 123 Å². The molecule has 1 nitrogen and oxygen atoms in total. The molecule has 2 aromatic rings. The van der Waals surface area contributed by atoms with Crippen molar-refractivity contribution in [3.8, 4) is 0 Å². The molecule has 1 atom stereocenters. The Kier molecular flexibility index (Phi) is 4.12. The third-order valence-corrected chi connectivity index (χ3v) is 3.98. The molecule has 0 aliphatic heterocycles. The topological polar surface area (TPSA) is 20.2 Å². The molecule has 0 spiro atoms. The van der Waals surface area contributed by atoms with E-state index in [9.17, 15) is 5.11 Å². The van der Waals surface area contributed by atoms with Crippen LogP contribution in [0.4, 0.5) is 0 Å². The van der Waals surface area contributed by atoms with Gasteiger partial charge in [-0.05, 0) is 49.6 Å². The van der Waals surface area contributed by atoms with Crippen LogP contribution in [0.5, 0.6) is 0 Å². The molecular weight excluding hydrogens is 300 g/mol. The summed E-state index contributed by atoms with van der Waals surface area (Å²) >= 11 is 3.46. The van der Waals surface area contributed by atoms with E-state index >= 15 is 0 Å². The number of halogens is 1. The van der Waals surface area contributed by atoms with Crippen LogP contribution in [0.15, 0.2) is 46.9 Å². The molecule has 0 fully saturated rings. The smallest absolute Gasteiger partial charge is 0.0909 e. The average Bonchev–Trinajstić information content (AvgIpc) is 2.33. The predicted molar refractivity (Wildman–Crippen MR) is 83.3 cm³/mol. The highest BCUT2D eigenvalue weighted by Gasteiger charge is 2.24. The van der Waals surface area contributed by atoms with Gasteiger partial charge in [-0.1, -0.05) is 51.8 Å². The van der Waals surface area contributed by atoms with Gasteiger partial charge in [0.1, 0.15) is 0 Å². The van der Waals surface area contributed by atoms with Crippen LogP contribution in [-0.4, -0.2) is 5.11 Å². The second-order valence-corrected chi connectivity index (χ2v) is 6.31. The number of hydrogen-bond donors (Lipinski definition) is 1. The number of rotatable bonds is 3. The van der Waals surface area contributed by atoms with E-state index in [4.69, 9.17) is 0 Å². The number of aliphatic hydroxyl groups is 1. The first-order valence-electron chi connectivity index (χ1n) is 6.43. The molecule has 0 heterocycles. The van der Waals surface area contributed by atoms with Crippen LogP contribution in [-0.2, 0) is 12.0 Å². The highest BCUT2D eigenvalue weighted by Crippen LogP contribution is 2.28. The molecule has 0 aromatic heterocycles. The van der Waals surface area contributed by atoms with Crippen molar-refractivity contribution in [2.45, 2.75) is 32.8 Å². The van der Waals surface area contributed by atoms with Gasteiger partial charge in [0.25, 0.3) is 0 Å². The summed E-state index contributed by atoms with van der Waals surface area (Å²) in [4.78, 5) is 0. The van der Waals surface area contributed by atoms with Gasteiger partial charge in [-0.25, -0.2) is 0 Å². The summed E-state index contributed by atoms with van der Waals surface area (Å²) in [6.45, 7) is 6.04. The third-order valence-electron chi connectivity index (χ3n) is 3.49. The largest absolute Gasteiger partial charge is 0.385 e. The van der Waals surface area contributed by atoms with Crippen LogP contribution < -0.4 is 0 Å². The van der Waals surface area contributed by atoms with E-state index in [2.05, 4.69) is 48.0 Å². The monoisotopic (exact) mass is 318 g/mol. The molecule has 2 heteroatoms. The average molecular weight is 319 g/mol. The third kappa shape index (κ3) is 3.46. The van der Waals surface area contributed by atoms with E-state index in [0.717, 1.165) is 10.0 Å². The molecule has 2 aromatic carbocycles. The SMILES string of the molecule is Cc1ccc(C)c(CC(C)(O)c2cccc(Br)c2)c1. The molecule has 0 bridgehead atoms. The van der Waals surface area contributed by atoms with Crippen molar-refractivity contribution in [1.82, 2.24) is 0 Å². The van der Waals surface area contributed by atoms with Crippen molar-refractivity contribution >= 4 is 15.9 Å². The lowest BCUT2D eigenvalue weighted by Gasteiger charge is -2.25. The van der Waals surface area contributed by atoms with E-state index < -0.39 is 5.60 Å². The van der Waals surface area contributed by atoms with E-state index in [-0.39, 0.29) is 0 Å².